The molecule has 2 aliphatic heterocycles. The topological polar surface area (TPSA) is 84.8 Å². The van der Waals surface area contributed by atoms with E-state index in [-0.39, 0.29) is 25.0 Å². The third-order valence-electron chi connectivity index (χ3n) is 8.66. The molecule has 5 aromatic rings. The first-order chi connectivity index (χ1) is 24.7. The molecular weight excluding hydrogens is 630 g/mol. The van der Waals surface area contributed by atoms with Crippen LogP contribution in [0.5, 0.6) is 0 Å². The van der Waals surface area contributed by atoms with Crippen LogP contribution >= 0.6 is 0 Å². The van der Waals surface area contributed by atoms with Gasteiger partial charge in [-0.05, 0) is 34.4 Å². The second-order valence-corrected chi connectivity index (χ2v) is 12.2. The highest BCUT2D eigenvalue weighted by atomic mass is 16.7. The number of ether oxygens (including phenoxy) is 6. The number of benzene rings is 5. The Hall–Kier alpha value is -4.96. The molecule has 0 aliphatic carbocycles. The number of aliphatic imine (C=N–C) groups is 1. The zero-order valence-electron chi connectivity index (χ0n) is 27.6. The second-order valence-electron chi connectivity index (χ2n) is 12.2. The standard InChI is InChI=1S/C42H39NO7/c44-40-34-23-13-14-24-35(34)41(43-40)50-42-39(48-28-33-21-11-4-12-22-33)38(47-27-32-19-9-3-10-20-32)37(46-26-31-17-7-2-8-18-31)36(49-42)29-45-25-30-15-5-1-6-16-30/h1-24,36-39,42H,25-29H2/t36-,37-,38+,39-,42+/m1/s1. The molecule has 2 heterocycles. The van der Waals surface area contributed by atoms with Crippen molar-refractivity contribution < 1.29 is 33.2 Å². The fourth-order valence-corrected chi connectivity index (χ4v) is 6.11. The van der Waals surface area contributed by atoms with Crippen molar-refractivity contribution in [1.82, 2.24) is 0 Å². The van der Waals surface area contributed by atoms with Gasteiger partial charge in [0, 0.05) is 5.56 Å². The fourth-order valence-electron chi connectivity index (χ4n) is 6.11. The molecule has 1 saturated heterocycles. The Kier molecular flexibility index (Phi) is 11.2. The van der Waals surface area contributed by atoms with Crippen LogP contribution in [0.15, 0.2) is 151 Å². The highest BCUT2D eigenvalue weighted by Gasteiger charge is 2.50. The van der Waals surface area contributed by atoms with Crippen molar-refractivity contribution >= 4 is 11.8 Å². The molecule has 50 heavy (non-hydrogen) atoms. The first kappa shape index (κ1) is 33.5. The lowest BCUT2D eigenvalue weighted by molar-refractivity contribution is -0.312. The molecule has 0 N–H and O–H groups in total. The number of carbonyl (C=O) groups is 1. The highest BCUT2D eigenvalue weighted by molar-refractivity contribution is 6.18. The predicted octanol–water partition coefficient (Wildman–Crippen LogP) is 7.30. The molecule has 5 atom stereocenters. The highest BCUT2D eigenvalue weighted by Crippen LogP contribution is 2.33. The summed E-state index contributed by atoms with van der Waals surface area (Å²) >= 11 is 0. The van der Waals surface area contributed by atoms with Gasteiger partial charge in [0.2, 0.25) is 12.2 Å². The Balaban J connectivity index is 1.22. The van der Waals surface area contributed by atoms with Crippen molar-refractivity contribution in [2.24, 2.45) is 4.99 Å². The quantitative estimate of drug-likeness (QED) is 0.123. The Morgan fingerprint density at radius 2 is 0.940 bits per heavy atom. The van der Waals surface area contributed by atoms with Crippen LogP contribution in [-0.2, 0) is 54.8 Å². The molecule has 0 unspecified atom stereocenters. The van der Waals surface area contributed by atoms with E-state index in [0.29, 0.717) is 30.9 Å². The van der Waals surface area contributed by atoms with Gasteiger partial charge in [-0.3, -0.25) is 4.79 Å². The summed E-state index contributed by atoms with van der Waals surface area (Å²) in [5.74, 6) is -0.185. The minimum Gasteiger partial charge on any atom is -0.444 e. The van der Waals surface area contributed by atoms with Gasteiger partial charge in [0.05, 0.1) is 38.6 Å². The van der Waals surface area contributed by atoms with Crippen molar-refractivity contribution in [3.05, 3.63) is 179 Å². The fraction of sp³-hybridized carbons (Fsp3) is 0.238. The summed E-state index contributed by atoms with van der Waals surface area (Å²) in [6.07, 6.45) is -3.71. The summed E-state index contributed by atoms with van der Waals surface area (Å²) in [4.78, 5) is 17.1. The smallest absolute Gasteiger partial charge is 0.281 e. The number of carbonyl (C=O) groups excluding carboxylic acids is 1. The first-order valence-corrected chi connectivity index (χ1v) is 16.8. The molecule has 8 heteroatoms. The van der Waals surface area contributed by atoms with Crippen LogP contribution in [0.1, 0.15) is 38.2 Å². The maximum atomic E-state index is 12.8. The van der Waals surface area contributed by atoms with Gasteiger partial charge >= 0.3 is 0 Å². The Labute approximate surface area is 292 Å². The summed E-state index contributed by atoms with van der Waals surface area (Å²) in [5, 5.41) is 0. The van der Waals surface area contributed by atoms with E-state index in [1.807, 2.05) is 133 Å². The maximum Gasteiger partial charge on any atom is 0.281 e. The van der Waals surface area contributed by atoms with Crippen molar-refractivity contribution in [3.63, 3.8) is 0 Å². The van der Waals surface area contributed by atoms with Gasteiger partial charge < -0.3 is 28.4 Å². The van der Waals surface area contributed by atoms with Crippen LogP contribution < -0.4 is 0 Å². The second kappa shape index (κ2) is 16.6. The Morgan fingerprint density at radius 1 is 0.500 bits per heavy atom. The summed E-state index contributed by atoms with van der Waals surface area (Å²) in [6, 6.07) is 47.0. The van der Waals surface area contributed by atoms with Gasteiger partial charge in [0.1, 0.15) is 24.4 Å². The van der Waals surface area contributed by atoms with Crippen LogP contribution in [0, 0.1) is 0 Å². The Morgan fingerprint density at radius 3 is 1.48 bits per heavy atom. The minimum absolute atomic E-state index is 0.179. The molecule has 8 nitrogen and oxygen atoms in total. The van der Waals surface area contributed by atoms with Gasteiger partial charge in [0.15, 0.2) is 0 Å². The van der Waals surface area contributed by atoms with Gasteiger partial charge in [-0.15, -0.1) is 0 Å². The normalized spacial score (nSPS) is 21.4. The van der Waals surface area contributed by atoms with Crippen molar-refractivity contribution in [3.8, 4) is 0 Å². The number of amides is 1. The molecule has 1 amide bonds. The molecule has 1 fully saturated rings. The molecule has 0 radical (unpaired) electrons. The average molecular weight is 670 g/mol. The molecule has 254 valence electrons. The van der Waals surface area contributed by atoms with E-state index in [1.54, 1.807) is 12.1 Å². The zero-order chi connectivity index (χ0) is 34.0. The predicted molar refractivity (Wildman–Crippen MR) is 188 cm³/mol. The number of fused-ring (bicyclic) bond motifs is 1. The zero-order valence-corrected chi connectivity index (χ0v) is 27.6. The van der Waals surface area contributed by atoms with Gasteiger partial charge in [-0.25, -0.2) is 0 Å². The molecule has 0 aromatic heterocycles. The number of rotatable bonds is 14. The minimum atomic E-state index is -1.01. The van der Waals surface area contributed by atoms with E-state index >= 15 is 0 Å². The molecule has 0 bridgehead atoms. The summed E-state index contributed by atoms with van der Waals surface area (Å²) in [7, 11) is 0. The van der Waals surface area contributed by atoms with Crippen molar-refractivity contribution in [2.45, 2.75) is 57.1 Å². The van der Waals surface area contributed by atoms with Crippen molar-refractivity contribution in [2.75, 3.05) is 6.61 Å². The van der Waals surface area contributed by atoms with Crippen LogP contribution in [0.2, 0.25) is 0 Å². The number of hydrogen-bond donors (Lipinski definition) is 0. The van der Waals surface area contributed by atoms with E-state index < -0.39 is 30.7 Å². The first-order valence-electron chi connectivity index (χ1n) is 16.8. The van der Waals surface area contributed by atoms with E-state index in [9.17, 15) is 4.79 Å². The van der Waals surface area contributed by atoms with E-state index in [2.05, 4.69) is 4.99 Å². The molecule has 0 saturated carbocycles. The third kappa shape index (κ3) is 8.42. The van der Waals surface area contributed by atoms with Gasteiger partial charge in [-0.2, -0.15) is 4.99 Å². The third-order valence-corrected chi connectivity index (χ3v) is 8.66. The largest absolute Gasteiger partial charge is 0.444 e. The lowest BCUT2D eigenvalue weighted by atomic mass is 9.97. The summed E-state index contributed by atoms with van der Waals surface area (Å²) < 4.78 is 39.7. The van der Waals surface area contributed by atoms with E-state index in [0.717, 1.165) is 22.3 Å². The monoisotopic (exact) mass is 669 g/mol. The lowest BCUT2D eigenvalue weighted by Gasteiger charge is -2.45. The van der Waals surface area contributed by atoms with E-state index in [1.165, 1.54) is 0 Å². The molecule has 5 aromatic carbocycles. The van der Waals surface area contributed by atoms with Crippen molar-refractivity contribution in [1.29, 1.82) is 0 Å². The van der Waals surface area contributed by atoms with Crippen LogP contribution in [0.4, 0.5) is 0 Å². The van der Waals surface area contributed by atoms with Crippen LogP contribution in [0.3, 0.4) is 0 Å². The molecular formula is C42H39NO7. The number of nitrogens with zero attached hydrogens (tertiary/aromatic N) is 1. The lowest BCUT2D eigenvalue weighted by Crippen LogP contribution is -2.62. The average Bonchev–Trinajstić information content (AvgIpc) is 3.49. The molecule has 7 rings (SSSR count). The Bertz CT molecular complexity index is 1840. The summed E-state index contributed by atoms with van der Waals surface area (Å²) in [5.41, 5.74) is 5.09. The van der Waals surface area contributed by atoms with Crippen LogP contribution in [0.25, 0.3) is 0 Å². The van der Waals surface area contributed by atoms with Gasteiger partial charge in [-0.1, -0.05) is 133 Å². The van der Waals surface area contributed by atoms with Gasteiger partial charge in [0.25, 0.3) is 5.91 Å². The SMILES string of the molecule is O=C1N=C(O[C@@H]2O[C@H](COCc3ccccc3)[C@@H](OCc3ccccc3)[C@H](OCc3ccccc3)[C@H]2OCc2ccccc2)c2ccccc21. The molecule has 2 aliphatic rings. The van der Waals surface area contributed by atoms with E-state index in [4.69, 9.17) is 28.4 Å². The van der Waals surface area contributed by atoms with Crippen LogP contribution in [-0.4, -0.2) is 49.1 Å². The number of hydrogen-bond acceptors (Lipinski definition) is 7. The molecule has 0 spiro atoms. The maximum absolute atomic E-state index is 12.8. The summed E-state index contributed by atoms with van der Waals surface area (Å²) in [6.45, 7) is 1.46.